The lowest BCUT2D eigenvalue weighted by molar-refractivity contribution is -0.140. The van der Waals surface area contributed by atoms with Gasteiger partial charge in [0.15, 0.2) is 0 Å². The van der Waals surface area contributed by atoms with Gasteiger partial charge < -0.3 is 10.2 Å². The summed E-state index contributed by atoms with van der Waals surface area (Å²) in [6.45, 7) is 5.87. The highest BCUT2D eigenvalue weighted by Gasteiger charge is 2.34. The largest absolute Gasteiger partial charge is 0.354 e. The van der Waals surface area contributed by atoms with Gasteiger partial charge in [-0.25, -0.2) is 8.42 Å². The molecule has 3 rings (SSSR count). The van der Waals surface area contributed by atoms with E-state index in [1.54, 1.807) is 36.4 Å². The minimum Gasteiger partial charge on any atom is -0.354 e. The molecule has 3 aromatic carbocycles. The number of anilines is 1. The van der Waals surface area contributed by atoms with Crippen molar-refractivity contribution in [3.8, 4) is 0 Å². The van der Waals surface area contributed by atoms with Crippen molar-refractivity contribution in [2.24, 2.45) is 0 Å². The molecule has 0 heterocycles. The highest BCUT2D eigenvalue weighted by molar-refractivity contribution is 7.92. The van der Waals surface area contributed by atoms with Crippen molar-refractivity contribution in [1.82, 2.24) is 10.2 Å². The topological polar surface area (TPSA) is 86.8 Å². The molecule has 1 atom stereocenters. The average molecular weight is 570 g/mol. The second kappa shape index (κ2) is 14.1. The molecule has 0 saturated heterocycles. The van der Waals surface area contributed by atoms with E-state index in [0.29, 0.717) is 13.0 Å². The Morgan fingerprint density at radius 1 is 0.923 bits per heavy atom. The summed E-state index contributed by atoms with van der Waals surface area (Å²) < 4.78 is 28.8. The zero-order chi connectivity index (χ0) is 28.4. The minimum absolute atomic E-state index is 0.0415. The molecule has 0 saturated carbocycles. The molecule has 0 spiro atoms. The van der Waals surface area contributed by atoms with Crippen molar-refractivity contribution in [3.05, 3.63) is 95.0 Å². The molecule has 9 heteroatoms. The third-order valence-electron chi connectivity index (χ3n) is 6.42. The van der Waals surface area contributed by atoms with Crippen molar-refractivity contribution in [1.29, 1.82) is 0 Å². The molecule has 0 fully saturated rings. The van der Waals surface area contributed by atoms with Crippen LogP contribution in [0.2, 0.25) is 5.02 Å². The van der Waals surface area contributed by atoms with Crippen LogP contribution in [0.4, 0.5) is 5.69 Å². The highest BCUT2D eigenvalue weighted by Crippen LogP contribution is 2.31. The number of unbranched alkanes of at least 4 members (excludes halogenated alkanes) is 1. The van der Waals surface area contributed by atoms with E-state index in [9.17, 15) is 18.0 Å². The van der Waals surface area contributed by atoms with Crippen LogP contribution < -0.4 is 9.62 Å². The molecule has 0 radical (unpaired) electrons. The first-order valence-corrected chi connectivity index (χ1v) is 15.0. The lowest BCUT2D eigenvalue weighted by Gasteiger charge is -2.33. The number of carbonyl (C=O) groups excluding carboxylic acids is 2. The predicted molar refractivity (Wildman–Crippen MR) is 156 cm³/mol. The number of hydrogen-bond donors (Lipinski definition) is 1. The number of carbonyl (C=O) groups is 2. The number of para-hydroxylation sites is 1. The molecule has 0 aliphatic carbocycles. The van der Waals surface area contributed by atoms with E-state index in [1.165, 1.54) is 17.0 Å². The van der Waals surface area contributed by atoms with E-state index in [0.717, 1.165) is 28.3 Å². The fourth-order valence-electron chi connectivity index (χ4n) is 4.21. The van der Waals surface area contributed by atoms with E-state index in [-0.39, 0.29) is 28.1 Å². The van der Waals surface area contributed by atoms with Gasteiger partial charge in [0.2, 0.25) is 11.8 Å². The summed E-state index contributed by atoms with van der Waals surface area (Å²) in [4.78, 5) is 28.7. The number of halogens is 1. The molecular formula is C30H36ClN3O4S. The van der Waals surface area contributed by atoms with Crippen LogP contribution in [0.3, 0.4) is 0 Å². The summed E-state index contributed by atoms with van der Waals surface area (Å²) in [7, 11) is -4.16. The summed E-state index contributed by atoms with van der Waals surface area (Å²) in [6, 6.07) is 21.5. The maximum Gasteiger partial charge on any atom is 0.264 e. The second-order valence-corrected chi connectivity index (χ2v) is 11.6. The smallest absolute Gasteiger partial charge is 0.264 e. The Labute approximate surface area is 236 Å². The molecule has 1 N–H and O–H groups in total. The predicted octanol–water partition coefficient (Wildman–Crippen LogP) is 5.57. The van der Waals surface area contributed by atoms with Gasteiger partial charge in [-0.3, -0.25) is 13.9 Å². The normalized spacial score (nSPS) is 12.0. The third kappa shape index (κ3) is 7.83. The summed E-state index contributed by atoms with van der Waals surface area (Å²) in [5, 5.41) is 3.12. The van der Waals surface area contributed by atoms with Crippen molar-refractivity contribution < 1.29 is 18.0 Å². The monoisotopic (exact) mass is 569 g/mol. The van der Waals surface area contributed by atoms with Crippen LogP contribution in [0.15, 0.2) is 83.8 Å². The number of nitrogens with one attached hydrogen (secondary N) is 1. The second-order valence-electron chi connectivity index (χ2n) is 9.35. The summed E-state index contributed by atoms with van der Waals surface area (Å²) in [5.41, 5.74) is 1.92. The minimum atomic E-state index is -4.16. The van der Waals surface area contributed by atoms with Crippen molar-refractivity contribution in [2.75, 3.05) is 17.4 Å². The Kier molecular flexibility index (Phi) is 10.9. The van der Waals surface area contributed by atoms with Gasteiger partial charge in [0.05, 0.1) is 15.6 Å². The van der Waals surface area contributed by atoms with Crippen LogP contribution in [-0.4, -0.2) is 44.3 Å². The van der Waals surface area contributed by atoms with Crippen LogP contribution >= 0.6 is 11.6 Å². The lowest BCUT2D eigenvalue weighted by atomic mass is 10.1. The van der Waals surface area contributed by atoms with E-state index in [1.807, 2.05) is 51.1 Å². The maximum atomic E-state index is 14.0. The zero-order valence-corrected chi connectivity index (χ0v) is 24.2. The van der Waals surface area contributed by atoms with Crippen LogP contribution in [0, 0.1) is 6.92 Å². The highest BCUT2D eigenvalue weighted by atomic mass is 35.5. The first-order valence-electron chi connectivity index (χ1n) is 13.1. The number of sulfonamides is 1. The quantitative estimate of drug-likeness (QED) is 0.273. The Balaban J connectivity index is 2.03. The fraction of sp³-hybridized carbons (Fsp3) is 0.333. The molecule has 2 amide bonds. The Morgan fingerprint density at radius 3 is 2.18 bits per heavy atom. The van der Waals surface area contributed by atoms with Gasteiger partial charge in [-0.05, 0) is 49.6 Å². The Hall–Kier alpha value is -3.36. The van der Waals surface area contributed by atoms with E-state index in [4.69, 9.17) is 11.6 Å². The van der Waals surface area contributed by atoms with Gasteiger partial charge in [-0.1, -0.05) is 92.0 Å². The lowest BCUT2D eigenvalue weighted by Crippen LogP contribution is -2.52. The SMILES string of the molecule is CCCCNC(=O)[C@H](CC)N(Cc1ccccc1)C(=O)CN(c1ccccc1Cl)S(=O)(=O)c1ccc(C)cc1. The number of rotatable bonds is 13. The van der Waals surface area contributed by atoms with Gasteiger partial charge >= 0.3 is 0 Å². The number of nitrogens with zero attached hydrogens (tertiary/aromatic N) is 2. The van der Waals surface area contributed by atoms with Crippen molar-refractivity contribution in [3.63, 3.8) is 0 Å². The third-order valence-corrected chi connectivity index (χ3v) is 8.51. The van der Waals surface area contributed by atoms with Gasteiger partial charge in [-0.15, -0.1) is 0 Å². The molecule has 0 bridgehead atoms. The van der Waals surface area contributed by atoms with Crippen molar-refractivity contribution >= 4 is 39.1 Å². The van der Waals surface area contributed by atoms with Crippen LogP contribution in [0.5, 0.6) is 0 Å². The Bertz CT molecular complexity index is 1350. The number of aryl methyl sites for hydroxylation is 1. The van der Waals surface area contributed by atoms with Gasteiger partial charge in [-0.2, -0.15) is 0 Å². The average Bonchev–Trinajstić information content (AvgIpc) is 2.93. The van der Waals surface area contributed by atoms with Gasteiger partial charge in [0.25, 0.3) is 10.0 Å². The number of hydrogen-bond acceptors (Lipinski definition) is 4. The van der Waals surface area contributed by atoms with E-state index in [2.05, 4.69) is 5.32 Å². The van der Waals surface area contributed by atoms with Gasteiger partial charge in [0, 0.05) is 13.1 Å². The number of benzene rings is 3. The summed E-state index contributed by atoms with van der Waals surface area (Å²) in [6.07, 6.45) is 2.12. The molecule has 0 aromatic heterocycles. The Morgan fingerprint density at radius 2 is 1.56 bits per heavy atom. The van der Waals surface area contributed by atoms with E-state index >= 15 is 0 Å². The zero-order valence-electron chi connectivity index (χ0n) is 22.6. The molecule has 0 aliphatic heterocycles. The fourth-order valence-corrected chi connectivity index (χ4v) is 5.93. The first-order chi connectivity index (χ1) is 18.7. The molecule has 7 nitrogen and oxygen atoms in total. The van der Waals surface area contributed by atoms with Crippen molar-refractivity contribution in [2.45, 2.75) is 57.5 Å². The van der Waals surface area contributed by atoms with E-state index < -0.39 is 28.5 Å². The standard InChI is InChI=1S/C30H36ClN3O4S/c1-4-6-20-32-30(36)27(5-2)33(21-24-12-8-7-9-13-24)29(35)22-34(28-15-11-10-14-26(28)31)39(37,38)25-18-16-23(3)17-19-25/h7-19,27H,4-6,20-22H2,1-3H3,(H,32,36)/t27-/m0/s1. The van der Waals surface area contributed by atoms with Crippen LogP contribution in [0.25, 0.3) is 0 Å². The molecule has 0 unspecified atom stereocenters. The summed E-state index contributed by atoms with van der Waals surface area (Å²) in [5.74, 6) is -0.770. The molecular weight excluding hydrogens is 534 g/mol. The molecule has 208 valence electrons. The molecule has 0 aliphatic rings. The van der Waals surface area contributed by atoms with Crippen LogP contribution in [-0.2, 0) is 26.2 Å². The molecule has 3 aromatic rings. The first kappa shape index (κ1) is 30.2. The summed E-state index contributed by atoms with van der Waals surface area (Å²) >= 11 is 6.45. The number of amides is 2. The van der Waals surface area contributed by atoms with Crippen LogP contribution in [0.1, 0.15) is 44.2 Å². The van der Waals surface area contributed by atoms with Gasteiger partial charge in [0.1, 0.15) is 12.6 Å². The molecule has 39 heavy (non-hydrogen) atoms. The maximum absolute atomic E-state index is 14.0.